The molecular formula is C13H19NO3. The molecule has 1 aromatic rings. The first kappa shape index (κ1) is 13.6. The second-order valence-electron chi connectivity index (χ2n) is 4.10. The number of rotatable bonds is 6. The zero-order chi connectivity index (χ0) is 12.8. The summed E-state index contributed by atoms with van der Waals surface area (Å²) in [5.74, 6) is 0.664. The fourth-order valence-corrected chi connectivity index (χ4v) is 1.58. The lowest BCUT2D eigenvalue weighted by atomic mass is 9.98. The molecule has 94 valence electrons. The highest BCUT2D eigenvalue weighted by Gasteiger charge is 2.24. The van der Waals surface area contributed by atoms with Crippen molar-refractivity contribution in [2.75, 3.05) is 13.7 Å². The number of Topliss-reactive ketones (excluding diaryl/α,β-unsaturated/α-hetero) is 1. The smallest absolute Gasteiger partial charge is 0.193 e. The maximum absolute atomic E-state index is 12.2. The van der Waals surface area contributed by atoms with Crippen LogP contribution in [0.25, 0.3) is 0 Å². The van der Waals surface area contributed by atoms with Crippen molar-refractivity contribution in [2.24, 2.45) is 5.92 Å². The van der Waals surface area contributed by atoms with Crippen LogP contribution in [0.2, 0.25) is 0 Å². The average molecular weight is 237 g/mol. The summed E-state index contributed by atoms with van der Waals surface area (Å²) in [7, 11) is 1.55. The summed E-state index contributed by atoms with van der Waals surface area (Å²) in [6.45, 7) is 6.33. The largest absolute Gasteiger partial charge is 0.495 e. The van der Waals surface area contributed by atoms with Crippen molar-refractivity contribution >= 4 is 5.78 Å². The number of methoxy groups -OCH3 is 1. The van der Waals surface area contributed by atoms with E-state index in [0.29, 0.717) is 17.9 Å². The van der Waals surface area contributed by atoms with Gasteiger partial charge in [-0.05, 0) is 18.9 Å². The fourth-order valence-electron chi connectivity index (χ4n) is 1.58. The lowest BCUT2D eigenvalue weighted by molar-refractivity contribution is 0.0279. The van der Waals surface area contributed by atoms with E-state index in [4.69, 9.17) is 9.47 Å². The predicted octanol–water partition coefficient (Wildman–Crippen LogP) is 2.33. The van der Waals surface area contributed by atoms with Gasteiger partial charge in [-0.1, -0.05) is 13.8 Å². The zero-order valence-electron chi connectivity index (χ0n) is 10.8. The van der Waals surface area contributed by atoms with E-state index in [1.165, 1.54) is 0 Å². The van der Waals surface area contributed by atoms with E-state index in [2.05, 4.69) is 4.98 Å². The molecule has 0 fully saturated rings. The Bertz CT molecular complexity index is 377. The molecule has 1 heterocycles. The highest BCUT2D eigenvalue weighted by molar-refractivity contribution is 5.99. The van der Waals surface area contributed by atoms with Gasteiger partial charge in [-0.15, -0.1) is 0 Å². The summed E-state index contributed by atoms with van der Waals surface area (Å²) in [6, 6.07) is 1.68. The molecule has 0 spiro atoms. The highest BCUT2D eigenvalue weighted by Crippen LogP contribution is 2.17. The normalized spacial score (nSPS) is 12.5. The fraction of sp³-hybridized carbons (Fsp3) is 0.538. The van der Waals surface area contributed by atoms with Gasteiger partial charge in [-0.3, -0.25) is 9.78 Å². The zero-order valence-corrected chi connectivity index (χ0v) is 10.8. The first-order valence-corrected chi connectivity index (χ1v) is 5.75. The summed E-state index contributed by atoms with van der Waals surface area (Å²) in [4.78, 5) is 16.2. The number of carbonyl (C=O) groups is 1. The van der Waals surface area contributed by atoms with Crippen molar-refractivity contribution in [1.29, 1.82) is 0 Å². The monoisotopic (exact) mass is 237 g/mol. The van der Waals surface area contributed by atoms with Crippen LogP contribution >= 0.6 is 0 Å². The quantitative estimate of drug-likeness (QED) is 0.712. The third kappa shape index (κ3) is 3.53. The summed E-state index contributed by atoms with van der Waals surface area (Å²) < 4.78 is 10.5. The van der Waals surface area contributed by atoms with E-state index in [-0.39, 0.29) is 11.7 Å². The third-order valence-corrected chi connectivity index (χ3v) is 2.44. The van der Waals surface area contributed by atoms with Crippen LogP contribution in [0.1, 0.15) is 31.1 Å². The van der Waals surface area contributed by atoms with Crippen LogP contribution in [-0.2, 0) is 4.74 Å². The molecule has 4 heteroatoms. The van der Waals surface area contributed by atoms with Gasteiger partial charge in [0.2, 0.25) is 0 Å². The number of hydrogen-bond acceptors (Lipinski definition) is 4. The van der Waals surface area contributed by atoms with E-state index in [1.807, 2.05) is 20.8 Å². The molecule has 0 N–H and O–H groups in total. The standard InChI is InChI=1S/C13H19NO3/c1-5-17-13(9(2)3)12(15)10-6-11(16-4)8-14-7-10/h6-9,13H,5H2,1-4H3. The van der Waals surface area contributed by atoms with E-state index in [0.717, 1.165) is 0 Å². The maximum atomic E-state index is 12.2. The van der Waals surface area contributed by atoms with Crippen molar-refractivity contribution in [3.63, 3.8) is 0 Å². The number of nitrogens with zero attached hydrogens (tertiary/aromatic N) is 1. The van der Waals surface area contributed by atoms with Crippen LogP contribution in [0.5, 0.6) is 5.75 Å². The van der Waals surface area contributed by atoms with Gasteiger partial charge in [0.25, 0.3) is 0 Å². The second kappa shape index (κ2) is 6.35. The van der Waals surface area contributed by atoms with Crippen LogP contribution < -0.4 is 4.74 Å². The number of ether oxygens (including phenoxy) is 2. The summed E-state index contributed by atoms with van der Waals surface area (Å²) in [5.41, 5.74) is 0.525. The molecular weight excluding hydrogens is 218 g/mol. The molecule has 1 unspecified atom stereocenters. The van der Waals surface area contributed by atoms with Gasteiger partial charge in [-0.2, -0.15) is 0 Å². The Morgan fingerprint density at radius 3 is 2.65 bits per heavy atom. The summed E-state index contributed by atoms with van der Waals surface area (Å²) in [6.07, 6.45) is 2.69. The Morgan fingerprint density at radius 2 is 2.12 bits per heavy atom. The molecule has 1 atom stereocenters. The van der Waals surface area contributed by atoms with E-state index in [9.17, 15) is 4.79 Å². The predicted molar refractivity (Wildman–Crippen MR) is 65.4 cm³/mol. The molecule has 0 saturated heterocycles. The molecule has 4 nitrogen and oxygen atoms in total. The molecule has 0 aromatic carbocycles. The van der Waals surface area contributed by atoms with Crippen molar-refractivity contribution in [2.45, 2.75) is 26.9 Å². The van der Waals surface area contributed by atoms with Gasteiger partial charge in [-0.25, -0.2) is 0 Å². The molecule has 0 aliphatic carbocycles. The summed E-state index contributed by atoms with van der Waals surface area (Å²) in [5, 5.41) is 0. The molecule has 17 heavy (non-hydrogen) atoms. The Hall–Kier alpha value is -1.42. The number of ketones is 1. The molecule has 0 aliphatic rings. The maximum Gasteiger partial charge on any atom is 0.193 e. The van der Waals surface area contributed by atoms with Gasteiger partial charge in [0.05, 0.1) is 13.3 Å². The molecule has 0 saturated carbocycles. The number of aromatic nitrogens is 1. The Labute approximate surface area is 102 Å². The lowest BCUT2D eigenvalue weighted by Gasteiger charge is -2.19. The lowest BCUT2D eigenvalue weighted by Crippen LogP contribution is -2.30. The molecule has 1 rings (SSSR count). The third-order valence-electron chi connectivity index (χ3n) is 2.44. The van der Waals surface area contributed by atoms with E-state index in [1.54, 1.807) is 25.6 Å². The second-order valence-corrected chi connectivity index (χ2v) is 4.10. The Morgan fingerprint density at radius 1 is 1.41 bits per heavy atom. The van der Waals surface area contributed by atoms with Gasteiger partial charge >= 0.3 is 0 Å². The Balaban J connectivity index is 2.92. The molecule has 0 radical (unpaired) electrons. The summed E-state index contributed by atoms with van der Waals surface area (Å²) >= 11 is 0. The molecule has 0 bridgehead atoms. The van der Waals surface area contributed by atoms with Crippen LogP contribution in [0, 0.1) is 5.92 Å². The first-order valence-electron chi connectivity index (χ1n) is 5.75. The number of pyridine rings is 1. The SMILES string of the molecule is CCOC(C(=O)c1cncc(OC)c1)C(C)C. The topological polar surface area (TPSA) is 48.4 Å². The first-order chi connectivity index (χ1) is 8.10. The minimum Gasteiger partial charge on any atom is -0.495 e. The minimum absolute atomic E-state index is 0.0479. The van der Waals surface area contributed by atoms with Crippen molar-refractivity contribution in [3.05, 3.63) is 24.0 Å². The molecule has 0 aliphatic heterocycles. The van der Waals surface area contributed by atoms with Crippen molar-refractivity contribution in [3.8, 4) is 5.75 Å². The van der Waals surface area contributed by atoms with E-state index >= 15 is 0 Å². The van der Waals surface area contributed by atoms with Crippen molar-refractivity contribution in [1.82, 2.24) is 4.98 Å². The molecule has 1 aromatic heterocycles. The van der Waals surface area contributed by atoms with E-state index < -0.39 is 6.10 Å². The van der Waals surface area contributed by atoms with Gasteiger partial charge in [0.15, 0.2) is 5.78 Å². The van der Waals surface area contributed by atoms with Crippen LogP contribution in [0.3, 0.4) is 0 Å². The average Bonchev–Trinajstić information content (AvgIpc) is 2.34. The van der Waals surface area contributed by atoms with Crippen LogP contribution in [0.15, 0.2) is 18.5 Å². The number of hydrogen-bond donors (Lipinski definition) is 0. The highest BCUT2D eigenvalue weighted by atomic mass is 16.5. The van der Waals surface area contributed by atoms with Crippen LogP contribution in [0.4, 0.5) is 0 Å². The minimum atomic E-state index is -0.422. The Kier molecular flexibility index (Phi) is 5.10. The number of carbonyl (C=O) groups excluding carboxylic acids is 1. The van der Waals surface area contributed by atoms with Gasteiger partial charge in [0, 0.05) is 18.4 Å². The van der Waals surface area contributed by atoms with Crippen LogP contribution in [-0.4, -0.2) is 30.6 Å². The van der Waals surface area contributed by atoms with Crippen molar-refractivity contribution < 1.29 is 14.3 Å². The van der Waals surface area contributed by atoms with Gasteiger partial charge in [0.1, 0.15) is 11.9 Å². The molecule has 0 amide bonds. The van der Waals surface area contributed by atoms with Gasteiger partial charge < -0.3 is 9.47 Å².